The number of amides is 1. The van der Waals surface area contributed by atoms with Gasteiger partial charge < -0.3 is 15.4 Å². The van der Waals surface area contributed by atoms with Crippen LogP contribution in [0.5, 0.6) is 5.75 Å². The van der Waals surface area contributed by atoms with Crippen LogP contribution < -0.4 is 15.4 Å². The van der Waals surface area contributed by atoms with Crippen LogP contribution in [0.25, 0.3) is 0 Å². The van der Waals surface area contributed by atoms with Gasteiger partial charge in [-0.15, -0.1) is 0 Å². The second kappa shape index (κ2) is 5.29. The first kappa shape index (κ1) is 13.4. The summed E-state index contributed by atoms with van der Waals surface area (Å²) in [6.07, 6.45) is 0.817. The average molecular weight is 259 g/mol. The lowest BCUT2D eigenvalue weighted by Crippen LogP contribution is -2.35. The Morgan fingerprint density at radius 3 is 2.95 bits per heavy atom. The molecular formula is C14H17N3O2. The van der Waals surface area contributed by atoms with Crippen molar-refractivity contribution in [1.29, 1.82) is 5.26 Å². The second-order valence-corrected chi connectivity index (χ2v) is 4.97. The van der Waals surface area contributed by atoms with Gasteiger partial charge >= 0.3 is 0 Å². The van der Waals surface area contributed by atoms with Gasteiger partial charge in [0.2, 0.25) is 5.91 Å². The van der Waals surface area contributed by atoms with Crippen LogP contribution in [0, 0.1) is 16.7 Å². The minimum absolute atomic E-state index is 0.0273. The van der Waals surface area contributed by atoms with Gasteiger partial charge in [0, 0.05) is 12.6 Å². The molecule has 5 nitrogen and oxygen atoms in total. The first-order chi connectivity index (χ1) is 9.09. The normalized spacial score (nSPS) is 21.7. The molecule has 0 aliphatic carbocycles. The highest BCUT2D eigenvalue weighted by Gasteiger charge is 2.36. The zero-order chi connectivity index (χ0) is 13.9. The molecule has 1 aliphatic heterocycles. The average Bonchev–Trinajstić information content (AvgIpc) is 2.87. The summed E-state index contributed by atoms with van der Waals surface area (Å²) in [6, 6.07) is 7.01. The summed E-state index contributed by atoms with van der Waals surface area (Å²) in [5.41, 5.74) is 0.710. The monoisotopic (exact) mass is 259 g/mol. The molecule has 0 bridgehead atoms. The molecule has 1 unspecified atom stereocenters. The molecule has 0 saturated carbocycles. The van der Waals surface area contributed by atoms with Gasteiger partial charge in [-0.3, -0.25) is 4.79 Å². The third-order valence-corrected chi connectivity index (χ3v) is 3.50. The maximum absolute atomic E-state index is 12.3. The zero-order valence-electron chi connectivity index (χ0n) is 11.1. The molecule has 2 N–H and O–H groups in total. The maximum Gasteiger partial charge on any atom is 0.231 e. The number of benzene rings is 1. The standard InChI is InChI=1S/C14H17N3O2/c1-14(5-6-16-9-14)13(18)17-11-4-3-10(8-15)7-12(11)19-2/h3-4,7,16H,5-6,9H2,1-2H3,(H,17,18). The van der Waals surface area contributed by atoms with E-state index in [0.717, 1.165) is 13.0 Å². The number of hydrogen-bond donors (Lipinski definition) is 2. The highest BCUT2D eigenvalue weighted by molar-refractivity contribution is 5.96. The number of rotatable bonds is 3. The van der Waals surface area contributed by atoms with Crippen molar-refractivity contribution in [1.82, 2.24) is 5.32 Å². The molecule has 0 spiro atoms. The van der Waals surface area contributed by atoms with Crippen LogP contribution in [-0.2, 0) is 4.79 Å². The van der Waals surface area contributed by atoms with Gasteiger partial charge in [-0.05, 0) is 32.0 Å². The van der Waals surface area contributed by atoms with E-state index < -0.39 is 0 Å². The molecule has 1 heterocycles. The molecule has 0 radical (unpaired) electrons. The van der Waals surface area contributed by atoms with E-state index in [2.05, 4.69) is 10.6 Å². The molecular weight excluding hydrogens is 242 g/mol. The molecule has 0 aromatic heterocycles. The zero-order valence-corrected chi connectivity index (χ0v) is 11.1. The van der Waals surface area contributed by atoms with Crippen molar-refractivity contribution in [3.8, 4) is 11.8 Å². The number of nitrogens with one attached hydrogen (secondary N) is 2. The summed E-state index contributed by atoms with van der Waals surface area (Å²) >= 11 is 0. The topological polar surface area (TPSA) is 74.1 Å². The van der Waals surface area contributed by atoms with Gasteiger partial charge in [0.25, 0.3) is 0 Å². The summed E-state index contributed by atoms with van der Waals surface area (Å²) in [5.74, 6) is 0.475. The lowest BCUT2D eigenvalue weighted by atomic mass is 9.88. The number of ether oxygens (including phenoxy) is 1. The minimum Gasteiger partial charge on any atom is -0.495 e. The van der Waals surface area contributed by atoms with Crippen molar-refractivity contribution in [2.75, 3.05) is 25.5 Å². The number of carbonyl (C=O) groups excluding carboxylic acids is 1. The first-order valence-corrected chi connectivity index (χ1v) is 6.19. The Kier molecular flexibility index (Phi) is 3.72. The van der Waals surface area contributed by atoms with Gasteiger partial charge in [-0.25, -0.2) is 0 Å². The third kappa shape index (κ3) is 2.69. The minimum atomic E-state index is -0.390. The quantitative estimate of drug-likeness (QED) is 0.862. The summed E-state index contributed by atoms with van der Waals surface area (Å²) in [7, 11) is 1.52. The number of carbonyl (C=O) groups is 1. The maximum atomic E-state index is 12.3. The van der Waals surface area contributed by atoms with Gasteiger partial charge in [-0.2, -0.15) is 5.26 Å². The fourth-order valence-electron chi connectivity index (χ4n) is 2.15. The summed E-state index contributed by atoms with van der Waals surface area (Å²) < 4.78 is 5.20. The van der Waals surface area contributed by atoms with Gasteiger partial charge in [0.1, 0.15) is 5.75 Å². The van der Waals surface area contributed by atoms with Crippen molar-refractivity contribution < 1.29 is 9.53 Å². The van der Waals surface area contributed by atoms with E-state index >= 15 is 0 Å². The van der Waals surface area contributed by atoms with Crippen LogP contribution in [0.3, 0.4) is 0 Å². The van der Waals surface area contributed by atoms with Crippen molar-refractivity contribution in [2.24, 2.45) is 5.41 Å². The van der Waals surface area contributed by atoms with E-state index in [4.69, 9.17) is 10.00 Å². The molecule has 1 aromatic rings. The van der Waals surface area contributed by atoms with E-state index in [0.29, 0.717) is 23.5 Å². The predicted molar refractivity (Wildman–Crippen MR) is 71.9 cm³/mol. The lowest BCUT2D eigenvalue weighted by molar-refractivity contribution is -0.123. The summed E-state index contributed by atoms with van der Waals surface area (Å²) in [4.78, 5) is 12.3. The van der Waals surface area contributed by atoms with Crippen molar-refractivity contribution >= 4 is 11.6 Å². The van der Waals surface area contributed by atoms with Crippen molar-refractivity contribution in [2.45, 2.75) is 13.3 Å². The molecule has 5 heteroatoms. The van der Waals surface area contributed by atoms with Gasteiger partial charge in [0.05, 0.1) is 29.8 Å². The molecule has 1 fully saturated rings. The third-order valence-electron chi connectivity index (χ3n) is 3.50. The predicted octanol–water partition coefficient (Wildman–Crippen LogP) is 1.50. The Morgan fingerprint density at radius 1 is 1.58 bits per heavy atom. The van der Waals surface area contributed by atoms with E-state index in [1.54, 1.807) is 18.2 Å². The van der Waals surface area contributed by atoms with Gasteiger partial charge in [-0.1, -0.05) is 0 Å². The largest absolute Gasteiger partial charge is 0.495 e. The molecule has 1 aliphatic rings. The first-order valence-electron chi connectivity index (χ1n) is 6.19. The Bertz CT molecular complexity index is 528. The van der Waals surface area contributed by atoms with Crippen LogP contribution in [0.4, 0.5) is 5.69 Å². The molecule has 19 heavy (non-hydrogen) atoms. The van der Waals surface area contributed by atoms with E-state index in [1.165, 1.54) is 7.11 Å². The van der Waals surface area contributed by atoms with Crippen LogP contribution in [0.1, 0.15) is 18.9 Å². The molecule has 1 atom stereocenters. The Morgan fingerprint density at radius 2 is 2.37 bits per heavy atom. The van der Waals surface area contributed by atoms with Crippen LogP contribution in [0.15, 0.2) is 18.2 Å². The van der Waals surface area contributed by atoms with E-state index in [-0.39, 0.29) is 11.3 Å². The van der Waals surface area contributed by atoms with Crippen molar-refractivity contribution in [3.63, 3.8) is 0 Å². The van der Waals surface area contributed by atoms with E-state index in [9.17, 15) is 4.79 Å². The molecule has 100 valence electrons. The number of nitriles is 1. The van der Waals surface area contributed by atoms with Crippen molar-refractivity contribution in [3.05, 3.63) is 23.8 Å². The number of nitrogens with zero attached hydrogens (tertiary/aromatic N) is 1. The van der Waals surface area contributed by atoms with Crippen LogP contribution >= 0.6 is 0 Å². The number of anilines is 1. The van der Waals surface area contributed by atoms with Crippen LogP contribution in [0.2, 0.25) is 0 Å². The molecule has 1 amide bonds. The van der Waals surface area contributed by atoms with Crippen LogP contribution in [-0.4, -0.2) is 26.1 Å². The number of methoxy groups -OCH3 is 1. The highest BCUT2D eigenvalue weighted by atomic mass is 16.5. The Hall–Kier alpha value is -2.06. The summed E-state index contributed by atoms with van der Waals surface area (Å²) in [6.45, 7) is 3.48. The Balaban J connectivity index is 2.19. The SMILES string of the molecule is COc1cc(C#N)ccc1NC(=O)C1(C)CCNC1. The molecule has 1 saturated heterocycles. The summed E-state index contributed by atoms with van der Waals surface area (Å²) in [5, 5.41) is 14.9. The molecule has 2 rings (SSSR count). The molecule has 1 aromatic carbocycles. The smallest absolute Gasteiger partial charge is 0.231 e. The second-order valence-electron chi connectivity index (χ2n) is 4.97. The fourth-order valence-corrected chi connectivity index (χ4v) is 2.15. The number of hydrogen-bond acceptors (Lipinski definition) is 4. The van der Waals surface area contributed by atoms with Gasteiger partial charge in [0.15, 0.2) is 0 Å². The van der Waals surface area contributed by atoms with E-state index in [1.807, 2.05) is 13.0 Å². The Labute approximate surface area is 112 Å². The highest BCUT2D eigenvalue weighted by Crippen LogP contribution is 2.30. The lowest BCUT2D eigenvalue weighted by Gasteiger charge is -2.22. The fraction of sp³-hybridized carbons (Fsp3) is 0.429.